The first kappa shape index (κ1) is 16.0. The molecule has 1 nitrogen and oxygen atoms in total. The summed E-state index contributed by atoms with van der Waals surface area (Å²) in [5, 5.41) is 0. The van der Waals surface area contributed by atoms with Crippen LogP contribution in [0, 0.1) is 5.92 Å². The van der Waals surface area contributed by atoms with Crippen LogP contribution in [-0.2, 0) is 8.87 Å². The summed E-state index contributed by atoms with van der Waals surface area (Å²) in [4.78, 5) is 12.0. The highest BCUT2D eigenvalue weighted by Crippen LogP contribution is 2.54. The van der Waals surface area contributed by atoms with Gasteiger partial charge in [0.2, 0.25) is 0 Å². The zero-order valence-electron chi connectivity index (χ0n) is 12.4. The molecule has 1 aliphatic rings. The lowest BCUT2D eigenvalue weighted by Crippen LogP contribution is -2.28. The van der Waals surface area contributed by atoms with Crippen molar-refractivity contribution in [2.45, 2.75) is 43.6 Å². The Bertz CT molecular complexity index is 424. The molecule has 0 amide bonds. The number of thioether (sulfide) groups is 2. The van der Waals surface area contributed by atoms with E-state index in [2.05, 4.69) is 37.3 Å². The first-order chi connectivity index (χ1) is 9.68. The van der Waals surface area contributed by atoms with E-state index in [9.17, 15) is 4.79 Å². The summed E-state index contributed by atoms with van der Waals surface area (Å²) < 4.78 is 0.0883. The summed E-state index contributed by atoms with van der Waals surface area (Å²) in [7, 11) is 0. The van der Waals surface area contributed by atoms with Gasteiger partial charge in [-0.1, -0.05) is 43.7 Å². The van der Waals surface area contributed by atoms with Crippen molar-refractivity contribution in [2.75, 3.05) is 11.5 Å². The topological polar surface area (TPSA) is 17.1 Å². The maximum atomic E-state index is 12.0. The van der Waals surface area contributed by atoms with E-state index >= 15 is 0 Å². The summed E-state index contributed by atoms with van der Waals surface area (Å²) in [5.41, 5.74) is 1.39. The minimum atomic E-state index is 0.0883. The van der Waals surface area contributed by atoms with Gasteiger partial charge in [0, 0.05) is 5.92 Å². The first-order valence-corrected chi connectivity index (χ1v) is 9.49. The Hall–Kier alpha value is -0.410. The van der Waals surface area contributed by atoms with Gasteiger partial charge >= 0.3 is 0 Å². The minimum absolute atomic E-state index is 0.0883. The SMILES string of the molecule is CCCC(CC1(c2ccccc2)SCCCS1)C(C)=O. The number of hydrogen-bond acceptors (Lipinski definition) is 3. The van der Waals surface area contributed by atoms with Gasteiger partial charge in [-0.2, -0.15) is 0 Å². The van der Waals surface area contributed by atoms with Gasteiger partial charge in [-0.05, 0) is 43.3 Å². The molecule has 20 heavy (non-hydrogen) atoms. The van der Waals surface area contributed by atoms with Crippen molar-refractivity contribution in [3.05, 3.63) is 35.9 Å². The van der Waals surface area contributed by atoms with Crippen molar-refractivity contribution in [3.8, 4) is 0 Å². The van der Waals surface area contributed by atoms with Gasteiger partial charge in [-0.3, -0.25) is 4.79 Å². The lowest BCUT2D eigenvalue weighted by molar-refractivity contribution is -0.121. The standard InChI is InChI=1S/C17H24OS2/c1-3-8-15(14(2)18)13-17(19-11-7-12-20-17)16-9-5-4-6-10-16/h4-6,9-10,15H,3,7-8,11-13H2,1-2H3. The van der Waals surface area contributed by atoms with Gasteiger partial charge in [-0.15, -0.1) is 23.5 Å². The summed E-state index contributed by atoms with van der Waals surface area (Å²) in [6.07, 6.45) is 4.37. The predicted molar refractivity (Wildman–Crippen MR) is 91.3 cm³/mol. The van der Waals surface area contributed by atoms with Crippen LogP contribution >= 0.6 is 23.5 Å². The van der Waals surface area contributed by atoms with Crippen molar-refractivity contribution in [1.29, 1.82) is 0 Å². The van der Waals surface area contributed by atoms with E-state index < -0.39 is 0 Å². The summed E-state index contributed by atoms with van der Waals surface area (Å²) >= 11 is 4.09. The molecule has 1 aromatic carbocycles. The van der Waals surface area contributed by atoms with E-state index in [1.807, 2.05) is 23.5 Å². The molecule has 1 atom stereocenters. The van der Waals surface area contributed by atoms with Crippen molar-refractivity contribution < 1.29 is 4.79 Å². The van der Waals surface area contributed by atoms with Crippen molar-refractivity contribution in [2.24, 2.45) is 5.92 Å². The Morgan fingerprint density at radius 1 is 1.25 bits per heavy atom. The zero-order valence-corrected chi connectivity index (χ0v) is 14.1. The molecule has 0 N–H and O–H groups in total. The number of rotatable bonds is 6. The second kappa shape index (κ2) is 7.56. The molecule has 0 saturated carbocycles. The largest absolute Gasteiger partial charge is 0.300 e. The van der Waals surface area contributed by atoms with Gasteiger partial charge < -0.3 is 0 Å². The average molecular weight is 309 g/mol. The van der Waals surface area contributed by atoms with Crippen molar-refractivity contribution in [1.82, 2.24) is 0 Å². The van der Waals surface area contributed by atoms with E-state index in [1.165, 1.54) is 23.5 Å². The van der Waals surface area contributed by atoms with Crippen LogP contribution in [0.1, 0.15) is 45.1 Å². The molecule has 1 aliphatic heterocycles. The van der Waals surface area contributed by atoms with Gasteiger partial charge in [0.1, 0.15) is 5.78 Å². The summed E-state index contributed by atoms with van der Waals surface area (Å²) in [6, 6.07) is 10.8. The van der Waals surface area contributed by atoms with Crippen LogP contribution in [0.5, 0.6) is 0 Å². The van der Waals surface area contributed by atoms with E-state index in [0.29, 0.717) is 5.78 Å². The number of ketones is 1. The highest BCUT2D eigenvalue weighted by Gasteiger charge is 2.38. The Kier molecular flexibility index (Phi) is 6.03. The fourth-order valence-electron chi connectivity index (χ4n) is 2.79. The van der Waals surface area contributed by atoms with Crippen molar-refractivity contribution in [3.63, 3.8) is 0 Å². The normalized spacial score (nSPS) is 19.5. The molecule has 1 saturated heterocycles. The van der Waals surface area contributed by atoms with Crippen LogP contribution in [0.3, 0.4) is 0 Å². The quantitative estimate of drug-likeness (QED) is 0.727. The monoisotopic (exact) mass is 308 g/mol. The Labute approximate surface area is 131 Å². The smallest absolute Gasteiger partial charge is 0.133 e. The second-order valence-corrected chi connectivity index (χ2v) is 8.52. The van der Waals surface area contributed by atoms with E-state index in [0.717, 1.165) is 19.3 Å². The molecule has 0 aromatic heterocycles. The van der Waals surface area contributed by atoms with Crippen LogP contribution in [0.15, 0.2) is 30.3 Å². The molecule has 3 heteroatoms. The number of hydrogen-bond donors (Lipinski definition) is 0. The molecule has 1 fully saturated rings. The fraction of sp³-hybridized carbons (Fsp3) is 0.588. The van der Waals surface area contributed by atoms with E-state index in [4.69, 9.17) is 0 Å². The van der Waals surface area contributed by atoms with Crippen LogP contribution < -0.4 is 0 Å². The lowest BCUT2D eigenvalue weighted by Gasteiger charge is -2.38. The molecule has 1 aromatic rings. The number of carbonyl (C=O) groups excluding carboxylic acids is 1. The molecule has 1 heterocycles. The molecule has 1 unspecified atom stereocenters. The molecule has 110 valence electrons. The highest BCUT2D eigenvalue weighted by molar-refractivity contribution is 8.18. The lowest BCUT2D eigenvalue weighted by atomic mass is 9.91. The highest BCUT2D eigenvalue weighted by atomic mass is 32.2. The minimum Gasteiger partial charge on any atom is -0.300 e. The maximum Gasteiger partial charge on any atom is 0.133 e. The van der Waals surface area contributed by atoms with Crippen molar-refractivity contribution >= 4 is 29.3 Å². The van der Waals surface area contributed by atoms with Crippen LogP contribution in [0.4, 0.5) is 0 Å². The van der Waals surface area contributed by atoms with Crippen LogP contribution in [-0.4, -0.2) is 17.3 Å². The Morgan fingerprint density at radius 2 is 1.90 bits per heavy atom. The number of benzene rings is 1. The van der Waals surface area contributed by atoms with Gasteiger partial charge in [0.25, 0.3) is 0 Å². The van der Waals surface area contributed by atoms with Crippen LogP contribution in [0.25, 0.3) is 0 Å². The zero-order chi connectivity index (χ0) is 14.4. The molecule has 2 rings (SSSR count). The molecular formula is C17H24OS2. The average Bonchev–Trinajstić information content (AvgIpc) is 2.48. The number of carbonyl (C=O) groups is 1. The van der Waals surface area contributed by atoms with E-state index in [1.54, 1.807) is 6.92 Å². The van der Waals surface area contributed by atoms with Gasteiger partial charge in [0.05, 0.1) is 4.08 Å². The third-order valence-electron chi connectivity index (χ3n) is 3.90. The first-order valence-electron chi connectivity index (χ1n) is 7.52. The second-order valence-electron chi connectivity index (χ2n) is 5.47. The fourth-order valence-corrected chi connectivity index (χ4v) is 6.29. The summed E-state index contributed by atoms with van der Waals surface area (Å²) in [6.45, 7) is 3.93. The van der Waals surface area contributed by atoms with Gasteiger partial charge in [0.15, 0.2) is 0 Å². The number of Topliss-reactive ketones (excluding diaryl/α,β-unsaturated/α-hetero) is 1. The van der Waals surface area contributed by atoms with Crippen LogP contribution in [0.2, 0.25) is 0 Å². The molecule has 0 spiro atoms. The molecular weight excluding hydrogens is 284 g/mol. The third kappa shape index (κ3) is 3.82. The molecule has 0 bridgehead atoms. The molecule has 0 aliphatic carbocycles. The third-order valence-corrected chi connectivity index (χ3v) is 7.33. The Balaban J connectivity index is 2.25. The molecule has 0 radical (unpaired) electrons. The maximum absolute atomic E-state index is 12.0. The Morgan fingerprint density at radius 3 is 2.45 bits per heavy atom. The van der Waals surface area contributed by atoms with Gasteiger partial charge in [-0.25, -0.2) is 0 Å². The summed E-state index contributed by atoms with van der Waals surface area (Å²) in [5.74, 6) is 2.98. The van der Waals surface area contributed by atoms with E-state index in [-0.39, 0.29) is 10.00 Å². The predicted octanol–water partition coefficient (Wildman–Crippen LogP) is 5.10.